The largest absolute Gasteiger partial charge is 0.316 e. The van der Waals surface area contributed by atoms with Crippen molar-refractivity contribution in [2.75, 3.05) is 13.1 Å². The Morgan fingerprint density at radius 1 is 1.35 bits per heavy atom. The lowest BCUT2D eigenvalue weighted by molar-refractivity contribution is 0.555. The summed E-state index contributed by atoms with van der Waals surface area (Å²) in [5.74, 6) is 0.710. The van der Waals surface area contributed by atoms with Crippen LogP contribution in [0, 0.1) is 12.8 Å². The van der Waals surface area contributed by atoms with Crippen molar-refractivity contribution in [3.8, 4) is 0 Å². The molecule has 0 aliphatic heterocycles. The molecule has 1 heterocycles. The van der Waals surface area contributed by atoms with Gasteiger partial charge in [0.05, 0.1) is 5.52 Å². The Bertz CT molecular complexity index is 485. The molecule has 0 saturated carbocycles. The molecule has 0 bridgehead atoms. The lowest BCUT2D eigenvalue weighted by atomic mass is 10.1. The van der Waals surface area contributed by atoms with Crippen LogP contribution >= 0.6 is 0 Å². The Hall–Kier alpha value is -1.35. The molecule has 92 valence electrons. The summed E-state index contributed by atoms with van der Waals surface area (Å²) in [6.07, 6.45) is 1.06. The molecule has 2 aromatic rings. The highest BCUT2D eigenvalue weighted by Crippen LogP contribution is 2.20. The van der Waals surface area contributed by atoms with E-state index < -0.39 is 0 Å². The molecule has 2 rings (SSSR count). The number of aromatic nitrogens is 2. The van der Waals surface area contributed by atoms with Crippen LogP contribution in [0.2, 0.25) is 0 Å². The lowest BCUT2D eigenvalue weighted by Gasteiger charge is -2.08. The number of fused-ring (bicyclic) bond motifs is 1. The molecule has 3 heteroatoms. The maximum atomic E-state index is 4.29. The molecule has 0 unspecified atom stereocenters. The highest BCUT2D eigenvalue weighted by Gasteiger charge is 2.06. The van der Waals surface area contributed by atoms with E-state index in [4.69, 9.17) is 0 Å². The highest BCUT2D eigenvalue weighted by atomic mass is 15.1. The smallest absolute Gasteiger partial charge is 0.0926 e. The molecule has 1 aromatic carbocycles. The summed E-state index contributed by atoms with van der Waals surface area (Å²) in [5.41, 5.74) is 3.62. The van der Waals surface area contributed by atoms with Crippen molar-refractivity contribution < 1.29 is 0 Å². The van der Waals surface area contributed by atoms with E-state index in [-0.39, 0.29) is 0 Å². The molecule has 0 radical (unpaired) electrons. The van der Waals surface area contributed by atoms with Crippen molar-refractivity contribution in [3.63, 3.8) is 0 Å². The Morgan fingerprint density at radius 2 is 2.18 bits per heavy atom. The zero-order valence-corrected chi connectivity index (χ0v) is 10.9. The van der Waals surface area contributed by atoms with Gasteiger partial charge in [0.25, 0.3) is 0 Å². The Morgan fingerprint density at radius 3 is 2.94 bits per heavy atom. The van der Waals surface area contributed by atoms with Gasteiger partial charge in [-0.05, 0) is 44.0 Å². The third-order valence-corrected chi connectivity index (χ3v) is 2.97. The molecular formula is C14H21N3. The van der Waals surface area contributed by atoms with Crippen molar-refractivity contribution >= 4 is 10.9 Å². The van der Waals surface area contributed by atoms with Crippen LogP contribution in [-0.4, -0.2) is 23.3 Å². The summed E-state index contributed by atoms with van der Waals surface area (Å²) in [6.45, 7) is 8.66. The van der Waals surface area contributed by atoms with Gasteiger partial charge in [0, 0.05) is 11.1 Å². The molecule has 0 fully saturated rings. The van der Waals surface area contributed by atoms with E-state index in [9.17, 15) is 0 Å². The summed E-state index contributed by atoms with van der Waals surface area (Å²) in [4.78, 5) is 0. The Kier molecular flexibility index (Phi) is 3.79. The molecule has 0 amide bonds. The van der Waals surface area contributed by atoms with Gasteiger partial charge in [-0.1, -0.05) is 26.0 Å². The fraction of sp³-hybridized carbons (Fsp3) is 0.500. The fourth-order valence-electron chi connectivity index (χ4n) is 2.13. The molecule has 17 heavy (non-hydrogen) atoms. The summed E-state index contributed by atoms with van der Waals surface area (Å²) in [7, 11) is 0. The van der Waals surface area contributed by atoms with Crippen LogP contribution in [0.15, 0.2) is 18.2 Å². The zero-order chi connectivity index (χ0) is 12.3. The minimum Gasteiger partial charge on any atom is -0.316 e. The van der Waals surface area contributed by atoms with E-state index >= 15 is 0 Å². The van der Waals surface area contributed by atoms with Gasteiger partial charge in [0.15, 0.2) is 0 Å². The molecular weight excluding hydrogens is 210 g/mol. The molecule has 3 nitrogen and oxygen atoms in total. The first-order valence-electron chi connectivity index (χ1n) is 6.31. The van der Waals surface area contributed by atoms with Crippen LogP contribution in [0.4, 0.5) is 0 Å². The third-order valence-electron chi connectivity index (χ3n) is 2.97. The number of nitrogens with zero attached hydrogens (tertiary/aromatic N) is 1. The van der Waals surface area contributed by atoms with Gasteiger partial charge in [-0.2, -0.15) is 5.10 Å². The van der Waals surface area contributed by atoms with E-state index in [1.54, 1.807) is 0 Å². The molecule has 1 aromatic heterocycles. The number of H-pyrrole nitrogens is 1. The summed E-state index contributed by atoms with van der Waals surface area (Å²) in [6, 6.07) is 6.34. The minimum absolute atomic E-state index is 0.710. The van der Waals surface area contributed by atoms with E-state index in [0.717, 1.165) is 25.0 Å². The number of hydrogen-bond donors (Lipinski definition) is 2. The number of benzene rings is 1. The van der Waals surface area contributed by atoms with Gasteiger partial charge < -0.3 is 5.32 Å². The third kappa shape index (κ3) is 2.86. The van der Waals surface area contributed by atoms with Crippen molar-refractivity contribution in [2.24, 2.45) is 5.92 Å². The van der Waals surface area contributed by atoms with E-state index in [1.807, 2.05) is 0 Å². The van der Waals surface area contributed by atoms with E-state index in [2.05, 4.69) is 54.5 Å². The fourth-order valence-corrected chi connectivity index (χ4v) is 2.13. The average molecular weight is 231 g/mol. The van der Waals surface area contributed by atoms with Crippen LogP contribution in [0.5, 0.6) is 0 Å². The van der Waals surface area contributed by atoms with Crippen molar-refractivity contribution in [1.29, 1.82) is 0 Å². The van der Waals surface area contributed by atoms with Gasteiger partial charge in [-0.15, -0.1) is 0 Å². The minimum atomic E-state index is 0.710. The van der Waals surface area contributed by atoms with Gasteiger partial charge in [-0.3, -0.25) is 5.10 Å². The predicted octanol–water partition coefficient (Wildman–Crippen LogP) is 2.66. The summed E-state index contributed by atoms with van der Waals surface area (Å²) >= 11 is 0. The molecule has 0 aliphatic rings. The van der Waals surface area contributed by atoms with Crippen molar-refractivity contribution in [3.05, 3.63) is 29.5 Å². The van der Waals surface area contributed by atoms with E-state index in [1.165, 1.54) is 16.6 Å². The van der Waals surface area contributed by atoms with Crippen LogP contribution in [0.25, 0.3) is 10.9 Å². The van der Waals surface area contributed by atoms with Gasteiger partial charge in [0.1, 0.15) is 0 Å². The van der Waals surface area contributed by atoms with Gasteiger partial charge >= 0.3 is 0 Å². The maximum Gasteiger partial charge on any atom is 0.0926 e. The standard InChI is InChI=1S/C14H21N3/c1-10(2)9-15-8-7-12-5-4-6-13-14(12)11(3)16-17-13/h4-6,10,15H,7-9H2,1-3H3,(H,16,17). The number of nitrogens with one attached hydrogen (secondary N) is 2. The molecule has 0 saturated heterocycles. The number of aromatic amines is 1. The normalized spacial score (nSPS) is 11.5. The molecule has 0 aliphatic carbocycles. The average Bonchev–Trinajstić information content (AvgIpc) is 2.67. The Balaban J connectivity index is 2.05. The molecule has 0 atom stereocenters. The maximum absolute atomic E-state index is 4.29. The molecule has 2 N–H and O–H groups in total. The van der Waals surface area contributed by atoms with Gasteiger partial charge in [0.2, 0.25) is 0 Å². The van der Waals surface area contributed by atoms with Crippen molar-refractivity contribution in [2.45, 2.75) is 27.2 Å². The number of hydrogen-bond acceptors (Lipinski definition) is 2. The first-order valence-corrected chi connectivity index (χ1v) is 6.31. The first kappa shape index (κ1) is 12.1. The van der Waals surface area contributed by atoms with Crippen LogP contribution in [-0.2, 0) is 6.42 Å². The molecule has 0 spiro atoms. The van der Waals surface area contributed by atoms with Gasteiger partial charge in [-0.25, -0.2) is 0 Å². The van der Waals surface area contributed by atoms with Crippen LogP contribution in [0.3, 0.4) is 0 Å². The zero-order valence-electron chi connectivity index (χ0n) is 10.9. The topological polar surface area (TPSA) is 40.7 Å². The summed E-state index contributed by atoms with van der Waals surface area (Å²) in [5, 5.41) is 12.1. The van der Waals surface area contributed by atoms with Crippen molar-refractivity contribution in [1.82, 2.24) is 15.5 Å². The van der Waals surface area contributed by atoms with E-state index in [0.29, 0.717) is 5.92 Å². The number of aryl methyl sites for hydroxylation is 1. The summed E-state index contributed by atoms with van der Waals surface area (Å²) < 4.78 is 0. The highest BCUT2D eigenvalue weighted by molar-refractivity contribution is 5.84. The second-order valence-electron chi connectivity index (χ2n) is 5.01. The van der Waals surface area contributed by atoms with Crippen LogP contribution in [0.1, 0.15) is 25.1 Å². The second-order valence-corrected chi connectivity index (χ2v) is 5.01. The monoisotopic (exact) mass is 231 g/mol. The first-order chi connectivity index (χ1) is 8.18. The predicted molar refractivity (Wildman–Crippen MR) is 72.2 cm³/mol. The SMILES string of the molecule is Cc1[nH]nc2cccc(CCNCC(C)C)c12. The van der Waals surface area contributed by atoms with Crippen LogP contribution < -0.4 is 5.32 Å². The lowest BCUT2D eigenvalue weighted by Crippen LogP contribution is -2.22. The Labute approximate surface area is 103 Å². The number of rotatable bonds is 5. The second kappa shape index (κ2) is 5.32. The quantitative estimate of drug-likeness (QED) is 0.777.